The van der Waals surface area contributed by atoms with E-state index >= 15 is 0 Å². The molecule has 2 rings (SSSR count). The quantitative estimate of drug-likeness (QED) is 0.630. The molecule has 0 amide bonds. The van der Waals surface area contributed by atoms with E-state index in [9.17, 15) is 14.4 Å². The summed E-state index contributed by atoms with van der Waals surface area (Å²) in [6.07, 6.45) is 0. The number of rotatable bonds is 6. The number of ether oxygens (including phenoxy) is 2. The second kappa shape index (κ2) is 7.86. The van der Waals surface area contributed by atoms with Crippen LogP contribution in [0.4, 0.5) is 5.69 Å². The van der Waals surface area contributed by atoms with E-state index in [0.717, 1.165) is 5.69 Å². The summed E-state index contributed by atoms with van der Waals surface area (Å²) in [5.41, 5.74) is 2.77. The predicted molar refractivity (Wildman–Crippen MR) is 97.0 cm³/mol. The van der Waals surface area contributed by atoms with E-state index in [2.05, 4.69) is 4.98 Å². The Morgan fingerprint density at radius 1 is 1.12 bits per heavy atom. The first kappa shape index (κ1) is 19.2. The van der Waals surface area contributed by atoms with Crippen LogP contribution < -0.4 is 4.90 Å². The van der Waals surface area contributed by atoms with Gasteiger partial charge in [-0.15, -0.1) is 0 Å². The summed E-state index contributed by atoms with van der Waals surface area (Å²) < 4.78 is 9.84. The number of aromatic amines is 1. The van der Waals surface area contributed by atoms with Gasteiger partial charge in [0.2, 0.25) is 5.78 Å². The monoisotopic (exact) mass is 358 g/mol. The van der Waals surface area contributed by atoms with Gasteiger partial charge >= 0.3 is 11.9 Å². The number of carbonyl (C=O) groups is 3. The van der Waals surface area contributed by atoms with Gasteiger partial charge < -0.3 is 19.4 Å². The van der Waals surface area contributed by atoms with Crippen LogP contribution in [0.1, 0.15) is 42.5 Å². The van der Waals surface area contributed by atoms with Gasteiger partial charge in [0.1, 0.15) is 0 Å². The molecule has 0 saturated carbocycles. The first-order valence-electron chi connectivity index (χ1n) is 8.01. The Morgan fingerprint density at radius 3 is 2.42 bits per heavy atom. The van der Waals surface area contributed by atoms with Gasteiger partial charge in [-0.2, -0.15) is 0 Å². The van der Waals surface area contributed by atoms with E-state index < -0.39 is 24.3 Å². The molecule has 26 heavy (non-hydrogen) atoms. The zero-order valence-corrected chi connectivity index (χ0v) is 15.5. The topological polar surface area (TPSA) is 88.7 Å². The maximum atomic E-state index is 12.4. The summed E-state index contributed by atoms with van der Waals surface area (Å²) in [6, 6.07) is 6.92. The Hall–Kier alpha value is -3.09. The molecule has 138 valence electrons. The number of ketones is 1. The zero-order chi connectivity index (χ0) is 19.4. The van der Waals surface area contributed by atoms with E-state index in [-0.39, 0.29) is 5.69 Å². The number of anilines is 1. The molecule has 0 radical (unpaired) electrons. The summed E-state index contributed by atoms with van der Waals surface area (Å²) in [5, 5.41) is 0. The fourth-order valence-corrected chi connectivity index (χ4v) is 2.63. The van der Waals surface area contributed by atoms with Crippen molar-refractivity contribution in [3.8, 4) is 0 Å². The van der Waals surface area contributed by atoms with Crippen LogP contribution >= 0.6 is 0 Å². The molecule has 0 saturated heterocycles. The van der Waals surface area contributed by atoms with Crippen LogP contribution in [0.3, 0.4) is 0 Å². The predicted octanol–water partition coefficient (Wildman–Crippen LogP) is 2.52. The van der Waals surface area contributed by atoms with Crippen LogP contribution in [0, 0.1) is 13.8 Å². The normalized spacial score (nSPS) is 10.3. The molecule has 0 bridgehead atoms. The molecule has 0 aliphatic heterocycles. The number of Topliss-reactive ketones (excluding diaryl/α,β-unsaturated/α-hetero) is 1. The van der Waals surface area contributed by atoms with E-state index in [1.54, 1.807) is 32.0 Å². The summed E-state index contributed by atoms with van der Waals surface area (Å²) >= 11 is 0. The van der Waals surface area contributed by atoms with Gasteiger partial charge in [-0.05, 0) is 37.6 Å². The molecule has 1 heterocycles. The maximum Gasteiger partial charge on any atom is 0.339 e. The first-order chi connectivity index (χ1) is 12.3. The Labute approximate surface area is 151 Å². The van der Waals surface area contributed by atoms with Crippen LogP contribution in [0.2, 0.25) is 0 Å². The highest BCUT2D eigenvalue weighted by Crippen LogP contribution is 2.20. The molecular weight excluding hydrogens is 336 g/mol. The van der Waals surface area contributed by atoms with Crippen molar-refractivity contribution in [2.45, 2.75) is 13.8 Å². The van der Waals surface area contributed by atoms with Crippen molar-refractivity contribution in [1.29, 1.82) is 0 Å². The van der Waals surface area contributed by atoms with Crippen LogP contribution in [0.25, 0.3) is 0 Å². The highest BCUT2D eigenvalue weighted by molar-refractivity contribution is 6.03. The lowest BCUT2D eigenvalue weighted by Crippen LogP contribution is -2.16. The van der Waals surface area contributed by atoms with Crippen molar-refractivity contribution < 1.29 is 23.9 Å². The minimum Gasteiger partial charge on any atom is -0.465 e. The SMILES string of the molecule is COC(=O)c1c(C)[nH]c(C(=O)COC(=O)c2cccc(N(C)C)c2)c1C. The van der Waals surface area contributed by atoms with Crippen molar-refractivity contribution in [2.24, 2.45) is 0 Å². The lowest BCUT2D eigenvalue weighted by Gasteiger charge is -2.13. The number of benzene rings is 1. The second-order valence-electron chi connectivity index (χ2n) is 6.06. The third-order valence-corrected chi connectivity index (χ3v) is 4.04. The third kappa shape index (κ3) is 3.93. The highest BCUT2D eigenvalue weighted by Gasteiger charge is 2.23. The van der Waals surface area contributed by atoms with Gasteiger partial charge in [0.25, 0.3) is 0 Å². The zero-order valence-electron chi connectivity index (χ0n) is 15.5. The number of hydrogen-bond donors (Lipinski definition) is 1. The fourth-order valence-electron chi connectivity index (χ4n) is 2.63. The van der Waals surface area contributed by atoms with Crippen molar-refractivity contribution in [2.75, 3.05) is 32.7 Å². The van der Waals surface area contributed by atoms with Gasteiger partial charge in [0, 0.05) is 25.5 Å². The van der Waals surface area contributed by atoms with Gasteiger partial charge in [-0.25, -0.2) is 9.59 Å². The molecule has 0 fully saturated rings. The minimum absolute atomic E-state index is 0.234. The average Bonchev–Trinajstić information content (AvgIpc) is 2.93. The molecule has 0 atom stereocenters. The average molecular weight is 358 g/mol. The van der Waals surface area contributed by atoms with Gasteiger partial charge in [0.15, 0.2) is 6.61 Å². The van der Waals surface area contributed by atoms with Crippen molar-refractivity contribution in [1.82, 2.24) is 4.98 Å². The largest absolute Gasteiger partial charge is 0.465 e. The second-order valence-corrected chi connectivity index (χ2v) is 6.06. The van der Waals surface area contributed by atoms with Crippen LogP contribution in [0.5, 0.6) is 0 Å². The van der Waals surface area contributed by atoms with Crippen molar-refractivity contribution in [3.05, 3.63) is 52.3 Å². The molecule has 0 unspecified atom stereocenters. The number of nitrogens with one attached hydrogen (secondary N) is 1. The molecule has 0 spiro atoms. The van der Waals surface area contributed by atoms with Crippen LogP contribution in [0.15, 0.2) is 24.3 Å². The number of H-pyrrole nitrogens is 1. The van der Waals surface area contributed by atoms with E-state index in [1.807, 2.05) is 25.1 Å². The Bertz CT molecular complexity index is 852. The van der Waals surface area contributed by atoms with E-state index in [0.29, 0.717) is 22.4 Å². The van der Waals surface area contributed by atoms with E-state index in [4.69, 9.17) is 9.47 Å². The lowest BCUT2D eigenvalue weighted by atomic mass is 10.1. The third-order valence-electron chi connectivity index (χ3n) is 4.04. The molecule has 2 aromatic rings. The fraction of sp³-hybridized carbons (Fsp3) is 0.316. The van der Waals surface area contributed by atoms with Crippen LogP contribution in [-0.4, -0.2) is 50.5 Å². The number of methoxy groups -OCH3 is 1. The Balaban J connectivity index is 2.11. The minimum atomic E-state index is -0.587. The standard InChI is InChI=1S/C19H22N2O5/c1-11-16(19(24)25-5)12(2)20-17(11)15(22)10-26-18(23)13-7-6-8-14(9-13)21(3)4/h6-9,20H,10H2,1-5H3. The smallest absolute Gasteiger partial charge is 0.339 e. The molecule has 7 heteroatoms. The lowest BCUT2D eigenvalue weighted by molar-refractivity contribution is 0.0473. The van der Waals surface area contributed by atoms with Crippen molar-refractivity contribution in [3.63, 3.8) is 0 Å². The van der Waals surface area contributed by atoms with Gasteiger partial charge in [0.05, 0.1) is 23.9 Å². The number of nitrogens with zero attached hydrogens (tertiary/aromatic N) is 1. The molecule has 1 aromatic carbocycles. The van der Waals surface area contributed by atoms with Crippen LogP contribution in [-0.2, 0) is 9.47 Å². The number of aromatic nitrogens is 1. The van der Waals surface area contributed by atoms with Gasteiger partial charge in [-0.1, -0.05) is 6.07 Å². The molecule has 1 N–H and O–H groups in total. The van der Waals surface area contributed by atoms with Gasteiger partial charge in [-0.3, -0.25) is 4.79 Å². The molecule has 0 aliphatic rings. The number of hydrogen-bond acceptors (Lipinski definition) is 6. The molecule has 7 nitrogen and oxygen atoms in total. The Morgan fingerprint density at radius 2 is 1.81 bits per heavy atom. The number of esters is 2. The summed E-state index contributed by atoms with van der Waals surface area (Å²) in [7, 11) is 5.01. The number of aryl methyl sites for hydroxylation is 1. The van der Waals surface area contributed by atoms with E-state index in [1.165, 1.54) is 7.11 Å². The summed E-state index contributed by atoms with van der Waals surface area (Å²) in [4.78, 5) is 41.1. The Kier molecular flexibility index (Phi) is 5.82. The molecule has 0 aliphatic carbocycles. The summed E-state index contributed by atoms with van der Waals surface area (Å²) in [5.74, 6) is -1.53. The number of carbonyl (C=O) groups excluding carboxylic acids is 3. The van der Waals surface area contributed by atoms with Crippen molar-refractivity contribution >= 4 is 23.4 Å². The molecular formula is C19H22N2O5. The maximum absolute atomic E-state index is 12.4. The summed E-state index contributed by atoms with van der Waals surface area (Å²) in [6.45, 7) is 2.90. The highest BCUT2D eigenvalue weighted by atomic mass is 16.5. The molecule has 1 aromatic heterocycles. The first-order valence-corrected chi connectivity index (χ1v) is 8.01.